The van der Waals surface area contributed by atoms with Crippen molar-refractivity contribution in [2.24, 2.45) is 0 Å². The summed E-state index contributed by atoms with van der Waals surface area (Å²) in [6.45, 7) is 1.30. The average Bonchev–Trinajstić information content (AvgIpc) is 2.94. The summed E-state index contributed by atoms with van der Waals surface area (Å²) in [5.41, 5.74) is 1.64. The van der Waals surface area contributed by atoms with E-state index in [-0.39, 0.29) is 0 Å². The standard InChI is InChI=1S/C17H13ClN2O3/c18-13-5-2-11(3-6-13)16-19-17(23-20-16)12-4-7-14-15(10-12)22-9-1-8-21-14/h2-7,10H,1,8-9H2. The van der Waals surface area contributed by atoms with Crippen LogP contribution >= 0.6 is 11.6 Å². The van der Waals surface area contributed by atoms with Gasteiger partial charge in [-0.3, -0.25) is 0 Å². The molecule has 0 atom stereocenters. The lowest BCUT2D eigenvalue weighted by Crippen LogP contribution is -1.97. The number of fused-ring (bicyclic) bond motifs is 1. The van der Waals surface area contributed by atoms with Crippen LogP contribution < -0.4 is 9.47 Å². The summed E-state index contributed by atoms with van der Waals surface area (Å²) in [5.74, 6) is 2.39. The van der Waals surface area contributed by atoms with E-state index in [1.165, 1.54) is 0 Å². The number of ether oxygens (including phenoxy) is 2. The highest BCUT2D eigenvalue weighted by Gasteiger charge is 2.15. The van der Waals surface area contributed by atoms with Crippen LogP contribution in [-0.2, 0) is 0 Å². The van der Waals surface area contributed by atoms with Crippen LogP contribution in [0.1, 0.15) is 6.42 Å². The van der Waals surface area contributed by atoms with Gasteiger partial charge < -0.3 is 14.0 Å². The van der Waals surface area contributed by atoms with Crippen LogP contribution in [0.4, 0.5) is 0 Å². The fourth-order valence-electron chi connectivity index (χ4n) is 2.35. The first-order chi connectivity index (χ1) is 11.3. The Kier molecular flexibility index (Phi) is 3.63. The van der Waals surface area contributed by atoms with E-state index in [2.05, 4.69) is 10.1 Å². The van der Waals surface area contributed by atoms with Gasteiger partial charge >= 0.3 is 0 Å². The highest BCUT2D eigenvalue weighted by Crippen LogP contribution is 2.34. The van der Waals surface area contributed by atoms with Crippen LogP contribution in [0.25, 0.3) is 22.8 Å². The van der Waals surface area contributed by atoms with Gasteiger partial charge in [-0.25, -0.2) is 0 Å². The summed E-state index contributed by atoms with van der Waals surface area (Å²) in [7, 11) is 0. The molecular formula is C17H13ClN2O3. The molecule has 0 aliphatic carbocycles. The molecule has 2 heterocycles. The molecule has 1 aliphatic rings. The molecular weight excluding hydrogens is 316 g/mol. The van der Waals surface area contributed by atoms with E-state index in [1.54, 1.807) is 12.1 Å². The summed E-state index contributed by atoms with van der Waals surface area (Å²) < 4.78 is 16.7. The molecule has 0 saturated heterocycles. The van der Waals surface area contributed by atoms with Gasteiger partial charge in [0.2, 0.25) is 5.82 Å². The Morgan fingerprint density at radius 1 is 0.870 bits per heavy atom. The Morgan fingerprint density at radius 3 is 2.43 bits per heavy atom. The van der Waals surface area contributed by atoms with E-state index in [0.717, 1.165) is 23.3 Å². The molecule has 0 unspecified atom stereocenters. The smallest absolute Gasteiger partial charge is 0.258 e. The Hall–Kier alpha value is -2.53. The van der Waals surface area contributed by atoms with Crippen LogP contribution in [0.5, 0.6) is 11.5 Å². The second-order valence-corrected chi connectivity index (χ2v) is 5.58. The van der Waals surface area contributed by atoms with E-state index in [1.807, 2.05) is 30.3 Å². The molecule has 116 valence electrons. The maximum atomic E-state index is 5.89. The first kappa shape index (κ1) is 14.1. The number of nitrogens with zero attached hydrogens (tertiary/aromatic N) is 2. The number of rotatable bonds is 2. The number of hydrogen-bond acceptors (Lipinski definition) is 5. The molecule has 5 nitrogen and oxygen atoms in total. The van der Waals surface area contributed by atoms with E-state index >= 15 is 0 Å². The largest absolute Gasteiger partial charge is 0.490 e. The van der Waals surface area contributed by atoms with Crippen molar-refractivity contribution in [2.45, 2.75) is 6.42 Å². The highest BCUT2D eigenvalue weighted by molar-refractivity contribution is 6.30. The summed E-state index contributed by atoms with van der Waals surface area (Å²) in [4.78, 5) is 4.44. The Balaban J connectivity index is 1.66. The normalized spacial score (nSPS) is 13.6. The molecule has 0 N–H and O–H groups in total. The van der Waals surface area contributed by atoms with Crippen molar-refractivity contribution in [3.05, 3.63) is 47.5 Å². The molecule has 0 fully saturated rings. The van der Waals surface area contributed by atoms with Crippen molar-refractivity contribution >= 4 is 11.6 Å². The van der Waals surface area contributed by atoms with Crippen molar-refractivity contribution in [1.82, 2.24) is 10.1 Å². The lowest BCUT2D eigenvalue weighted by atomic mass is 10.2. The third kappa shape index (κ3) is 2.87. The van der Waals surface area contributed by atoms with Crippen LogP contribution in [-0.4, -0.2) is 23.4 Å². The van der Waals surface area contributed by atoms with Crippen LogP contribution in [0.2, 0.25) is 5.02 Å². The molecule has 0 spiro atoms. The third-order valence-electron chi connectivity index (χ3n) is 3.52. The van der Waals surface area contributed by atoms with E-state index in [9.17, 15) is 0 Å². The monoisotopic (exact) mass is 328 g/mol. The molecule has 3 aromatic rings. The fraction of sp³-hybridized carbons (Fsp3) is 0.176. The quantitative estimate of drug-likeness (QED) is 0.705. The van der Waals surface area contributed by atoms with Gasteiger partial charge in [0.25, 0.3) is 5.89 Å². The van der Waals surface area contributed by atoms with Gasteiger partial charge in [-0.1, -0.05) is 16.8 Å². The first-order valence-corrected chi connectivity index (χ1v) is 7.67. The van der Waals surface area contributed by atoms with Gasteiger partial charge in [0.15, 0.2) is 11.5 Å². The summed E-state index contributed by atoms with van der Waals surface area (Å²) in [6.07, 6.45) is 0.866. The molecule has 2 aromatic carbocycles. The molecule has 23 heavy (non-hydrogen) atoms. The molecule has 0 saturated carbocycles. The molecule has 6 heteroatoms. The number of aromatic nitrogens is 2. The molecule has 4 rings (SSSR count). The van der Waals surface area contributed by atoms with Crippen LogP contribution in [0.15, 0.2) is 47.0 Å². The Bertz CT molecular complexity index is 830. The molecule has 1 aliphatic heterocycles. The maximum absolute atomic E-state index is 5.89. The SMILES string of the molecule is Clc1ccc(-c2noc(-c3ccc4c(c3)OCCCO4)n2)cc1. The van der Waals surface area contributed by atoms with Crippen molar-refractivity contribution in [3.63, 3.8) is 0 Å². The first-order valence-electron chi connectivity index (χ1n) is 7.29. The van der Waals surface area contributed by atoms with Gasteiger partial charge in [-0.05, 0) is 42.5 Å². The van der Waals surface area contributed by atoms with Gasteiger partial charge in [0.05, 0.1) is 13.2 Å². The summed E-state index contributed by atoms with van der Waals surface area (Å²) >= 11 is 5.89. The third-order valence-corrected chi connectivity index (χ3v) is 3.77. The second-order valence-electron chi connectivity index (χ2n) is 5.14. The van der Waals surface area contributed by atoms with Crippen molar-refractivity contribution in [2.75, 3.05) is 13.2 Å². The Morgan fingerprint density at radius 2 is 1.61 bits per heavy atom. The lowest BCUT2D eigenvalue weighted by Gasteiger charge is -2.07. The topological polar surface area (TPSA) is 57.4 Å². The summed E-state index contributed by atoms with van der Waals surface area (Å²) in [6, 6.07) is 12.9. The molecule has 0 bridgehead atoms. The number of hydrogen-bond donors (Lipinski definition) is 0. The van der Waals surface area contributed by atoms with Crippen molar-refractivity contribution in [1.29, 1.82) is 0 Å². The minimum atomic E-state index is 0.436. The van der Waals surface area contributed by atoms with E-state index < -0.39 is 0 Å². The molecule has 0 radical (unpaired) electrons. The zero-order valence-corrected chi connectivity index (χ0v) is 12.9. The van der Waals surface area contributed by atoms with Gasteiger partial charge in [-0.2, -0.15) is 4.98 Å². The average molecular weight is 329 g/mol. The zero-order chi connectivity index (χ0) is 15.6. The van der Waals surface area contributed by atoms with Crippen LogP contribution in [0.3, 0.4) is 0 Å². The fourth-order valence-corrected chi connectivity index (χ4v) is 2.48. The van der Waals surface area contributed by atoms with Gasteiger partial charge in [0.1, 0.15) is 0 Å². The predicted octanol–water partition coefficient (Wildman–Crippen LogP) is 4.22. The molecule has 0 amide bonds. The lowest BCUT2D eigenvalue weighted by molar-refractivity contribution is 0.297. The minimum Gasteiger partial charge on any atom is -0.490 e. The van der Waals surface area contributed by atoms with E-state index in [4.69, 9.17) is 25.6 Å². The van der Waals surface area contributed by atoms with Crippen LogP contribution in [0, 0.1) is 0 Å². The van der Waals surface area contributed by atoms with Crippen molar-refractivity contribution < 1.29 is 14.0 Å². The zero-order valence-electron chi connectivity index (χ0n) is 12.2. The molecule has 1 aromatic heterocycles. The van der Waals surface area contributed by atoms with Gasteiger partial charge in [-0.15, -0.1) is 0 Å². The predicted molar refractivity (Wildman–Crippen MR) is 85.8 cm³/mol. The van der Waals surface area contributed by atoms with Crippen molar-refractivity contribution in [3.8, 4) is 34.3 Å². The number of benzene rings is 2. The maximum Gasteiger partial charge on any atom is 0.258 e. The van der Waals surface area contributed by atoms with E-state index in [0.29, 0.717) is 35.7 Å². The highest BCUT2D eigenvalue weighted by atomic mass is 35.5. The van der Waals surface area contributed by atoms with Gasteiger partial charge in [0, 0.05) is 22.6 Å². The Labute approximate surface area is 137 Å². The summed E-state index contributed by atoms with van der Waals surface area (Å²) in [5, 5.41) is 4.69. The minimum absolute atomic E-state index is 0.436. The second kappa shape index (κ2) is 5.93. The number of halogens is 1.